The minimum atomic E-state index is -1.03. The first-order valence-electron chi connectivity index (χ1n) is 10.6. The third kappa shape index (κ3) is 4.25. The van der Waals surface area contributed by atoms with Crippen molar-refractivity contribution in [3.63, 3.8) is 0 Å². The Hall–Kier alpha value is -3.40. The molecule has 0 amide bonds. The maximum absolute atomic E-state index is 13.4. The molecule has 2 heterocycles. The number of ether oxygens (including phenoxy) is 4. The lowest BCUT2D eigenvalue weighted by molar-refractivity contribution is -0.621. The zero-order valence-corrected chi connectivity index (χ0v) is 20.8. The highest BCUT2D eigenvalue weighted by molar-refractivity contribution is 9.10. The van der Waals surface area contributed by atoms with Gasteiger partial charge in [-0.2, -0.15) is 0 Å². The molecule has 0 bridgehead atoms. The molecule has 180 valence electrons. The molecule has 0 aliphatic carbocycles. The molecule has 10 heteroatoms. The minimum Gasteiger partial charge on any atom is -0.711 e. The summed E-state index contributed by atoms with van der Waals surface area (Å²) in [5, 5.41) is 23.1. The van der Waals surface area contributed by atoms with Gasteiger partial charge in [-0.05, 0) is 35.4 Å². The van der Waals surface area contributed by atoms with Crippen LogP contribution in [0.5, 0.6) is 23.0 Å². The largest absolute Gasteiger partial charge is 0.711 e. The van der Waals surface area contributed by atoms with E-state index in [0.29, 0.717) is 51.1 Å². The van der Waals surface area contributed by atoms with E-state index in [2.05, 4.69) is 15.9 Å². The maximum atomic E-state index is 13.4. The standard InChI is InChI=1S/C24H25BrN2O7/c1-13-14(2)27(30)24(26(13)11-15-5-6-19-22(7-15)34-12-33-19)17(9-23(28)29)16-8-20(31-3)21(32-4)10-18(16)25/h5-8,10,17H,9,11-12H2,1-4H3,(H,28,29). The van der Waals surface area contributed by atoms with Crippen LogP contribution in [0.3, 0.4) is 0 Å². The Balaban J connectivity index is 1.86. The maximum Gasteiger partial charge on any atom is 0.304 e. The number of rotatable bonds is 8. The summed E-state index contributed by atoms with van der Waals surface area (Å²) in [5.74, 6) is 0.772. The first kappa shape index (κ1) is 23.7. The third-order valence-electron chi connectivity index (χ3n) is 6.06. The van der Waals surface area contributed by atoms with E-state index in [1.807, 2.05) is 29.7 Å². The molecule has 3 aromatic rings. The average Bonchev–Trinajstić information content (AvgIpc) is 3.36. The summed E-state index contributed by atoms with van der Waals surface area (Å²) in [6.07, 6.45) is -0.291. The second kappa shape index (κ2) is 9.46. The van der Waals surface area contributed by atoms with E-state index in [1.54, 1.807) is 19.1 Å². The SMILES string of the molecule is COc1cc(Br)c(C(CC(=O)O)c2n(Cc3ccc4c(c3)OCO4)c(C)c(C)[n+]2[O-])cc1OC. The molecule has 0 saturated heterocycles. The van der Waals surface area contributed by atoms with E-state index >= 15 is 0 Å². The molecule has 1 N–H and O–H groups in total. The Morgan fingerprint density at radius 1 is 1.18 bits per heavy atom. The van der Waals surface area contributed by atoms with E-state index in [-0.39, 0.29) is 13.2 Å². The van der Waals surface area contributed by atoms with Crippen molar-refractivity contribution in [1.29, 1.82) is 0 Å². The van der Waals surface area contributed by atoms with Gasteiger partial charge in [-0.3, -0.25) is 4.79 Å². The Bertz CT molecular complexity index is 1250. The molecule has 9 nitrogen and oxygen atoms in total. The van der Waals surface area contributed by atoms with Gasteiger partial charge in [0, 0.05) is 18.3 Å². The number of fused-ring (bicyclic) bond motifs is 1. The van der Waals surface area contributed by atoms with Crippen LogP contribution in [0.1, 0.15) is 40.7 Å². The Labute approximate surface area is 205 Å². The highest BCUT2D eigenvalue weighted by Gasteiger charge is 2.35. The fourth-order valence-electron chi connectivity index (χ4n) is 4.20. The number of halogens is 1. The lowest BCUT2D eigenvalue weighted by Gasteiger charge is -2.20. The van der Waals surface area contributed by atoms with Crippen molar-refractivity contribution >= 4 is 21.9 Å². The van der Waals surface area contributed by atoms with E-state index < -0.39 is 11.9 Å². The second-order valence-corrected chi connectivity index (χ2v) is 8.83. The van der Waals surface area contributed by atoms with Crippen molar-refractivity contribution in [1.82, 2.24) is 4.57 Å². The summed E-state index contributed by atoms with van der Waals surface area (Å²) in [6.45, 7) is 4.10. The third-order valence-corrected chi connectivity index (χ3v) is 6.75. The number of imidazole rings is 1. The summed E-state index contributed by atoms with van der Waals surface area (Å²) in [4.78, 5) is 11.9. The van der Waals surface area contributed by atoms with Gasteiger partial charge in [0.05, 0.1) is 26.6 Å². The number of aliphatic carboxylic acids is 1. The summed E-state index contributed by atoms with van der Waals surface area (Å²) >= 11 is 3.53. The first-order valence-corrected chi connectivity index (χ1v) is 11.3. The van der Waals surface area contributed by atoms with Crippen LogP contribution in [0.4, 0.5) is 0 Å². The number of nitrogens with zero attached hydrogens (tertiary/aromatic N) is 2. The van der Waals surface area contributed by atoms with Gasteiger partial charge < -0.3 is 29.3 Å². The molecular weight excluding hydrogens is 508 g/mol. The fourth-order valence-corrected chi connectivity index (χ4v) is 4.80. The fraction of sp³-hybridized carbons (Fsp3) is 0.333. The molecule has 0 fully saturated rings. The Morgan fingerprint density at radius 3 is 2.53 bits per heavy atom. The molecule has 0 radical (unpaired) electrons. The zero-order chi connectivity index (χ0) is 24.6. The number of carboxylic acids is 1. The van der Waals surface area contributed by atoms with Crippen LogP contribution in [-0.2, 0) is 11.3 Å². The van der Waals surface area contributed by atoms with Crippen LogP contribution in [0.15, 0.2) is 34.8 Å². The van der Waals surface area contributed by atoms with Crippen molar-refractivity contribution in [2.75, 3.05) is 21.0 Å². The number of hydrogen-bond donors (Lipinski definition) is 1. The zero-order valence-electron chi connectivity index (χ0n) is 19.3. The van der Waals surface area contributed by atoms with Gasteiger partial charge in [0.2, 0.25) is 6.79 Å². The van der Waals surface area contributed by atoms with Gasteiger partial charge in [0.15, 0.2) is 23.0 Å². The van der Waals surface area contributed by atoms with Crippen LogP contribution in [-0.4, -0.2) is 36.7 Å². The van der Waals surface area contributed by atoms with Gasteiger partial charge in [0.25, 0.3) is 5.82 Å². The van der Waals surface area contributed by atoms with Crippen LogP contribution < -0.4 is 23.7 Å². The first-order chi connectivity index (χ1) is 16.2. The van der Waals surface area contributed by atoms with Crippen LogP contribution in [0, 0.1) is 19.1 Å². The smallest absolute Gasteiger partial charge is 0.304 e. The lowest BCUT2D eigenvalue weighted by Crippen LogP contribution is -2.36. The van der Waals surface area contributed by atoms with E-state index in [4.69, 9.17) is 18.9 Å². The Morgan fingerprint density at radius 2 is 1.85 bits per heavy atom. The molecule has 0 spiro atoms. The van der Waals surface area contributed by atoms with Crippen molar-refractivity contribution in [2.45, 2.75) is 32.7 Å². The highest BCUT2D eigenvalue weighted by atomic mass is 79.9. The molecule has 0 saturated carbocycles. The van der Waals surface area contributed by atoms with Crippen molar-refractivity contribution < 1.29 is 33.6 Å². The molecule has 2 aromatic carbocycles. The van der Waals surface area contributed by atoms with Crippen LogP contribution in [0.2, 0.25) is 0 Å². The number of aromatic nitrogens is 2. The van der Waals surface area contributed by atoms with Gasteiger partial charge >= 0.3 is 5.97 Å². The lowest BCUT2D eigenvalue weighted by atomic mass is 9.94. The molecule has 4 rings (SSSR count). The van der Waals surface area contributed by atoms with Gasteiger partial charge in [-0.1, -0.05) is 22.0 Å². The minimum absolute atomic E-state index is 0.167. The molecular formula is C24H25BrN2O7. The van der Waals surface area contributed by atoms with Crippen molar-refractivity contribution in [3.8, 4) is 23.0 Å². The van der Waals surface area contributed by atoms with Gasteiger partial charge in [-0.15, -0.1) is 0 Å². The normalized spacial score (nSPS) is 13.1. The number of methoxy groups -OCH3 is 2. The molecule has 1 atom stereocenters. The van der Waals surface area contributed by atoms with E-state index in [9.17, 15) is 15.1 Å². The highest BCUT2D eigenvalue weighted by Crippen LogP contribution is 2.40. The summed E-state index contributed by atoms with van der Waals surface area (Å²) in [5.41, 5.74) is 2.75. The van der Waals surface area contributed by atoms with Crippen LogP contribution >= 0.6 is 15.9 Å². The van der Waals surface area contributed by atoms with Gasteiger partial charge in [-0.25, -0.2) is 9.30 Å². The Kier molecular flexibility index (Phi) is 6.60. The summed E-state index contributed by atoms with van der Waals surface area (Å²) in [7, 11) is 3.03. The summed E-state index contributed by atoms with van der Waals surface area (Å²) in [6, 6.07) is 9.02. The topological polar surface area (TPSA) is 106 Å². The van der Waals surface area contributed by atoms with E-state index in [0.717, 1.165) is 16.0 Å². The molecule has 1 unspecified atom stereocenters. The van der Waals surface area contributed by atoms with Gasteiger partial charge in [0.1, 0.15) is 17.9 Å². The van der Waals surface area contributed by atoms with Crippen molar-refractivity contribution in [3.05, 3.63) is 68.4 Å². The quantitative estimate of drug-likeness (QED) is 0.346. The van der Waals surface area contributed by atoms with Crippen LogP contribution in [0.25, 0.3) is 0 Å². The monoisotopic (exact) mass is 532 g/mol. The predicted octanol–water partition coefficient (Wildman–Crippen LogP) is 3.90. The predicted molar refractivity (Wildman–Crippen MR) is 126 cm³/mol. The molecule has 1 aliphatic heterocycles. The molecule has 1 aromatic heterocycles. The number of benzene rings is 2. The molecule has 34 heavy (non-hydrogen) atoms. The number of carboxylic acid groups (broad SMARTS) is 1. The number of hydrogen-bond acceptors (Lipinski definition) is 6. The average molecular weight is 533 g/mol. The second-order valence-electron chi connectivity index (χ2n) is 7.98. The number of carbonyl (C=O) groups is 1. The summed E-state index contributed by atoms with van der Waals surface area (Å²) < 4.78 is 25.0. The molecule has 1 aliphatic rings. The van der Waals surface area contributed by atoms with Crippen molar-refractivity contribution in [2.24, 2.45) is 0 Å². The van der Waals surface area contributed by atoms with E-state index in [1.165, 1.54) is 14.2 Å².